The SMILES string of the molecule is Cc1ncccc1Oc1ccc(N)cc1C(F)F. The molecule has 1 heterocycles. The van der Waals surface area contributed by atoms with Gasteiger partial charge < -0.3 is 10.5 Å². The van der Waals surface area contributed by atoms with Gasteiger partial charge in [-0.1, -0.05) is 0 Å². The van der Waals surface area contributed by atoms with E-state index in [0.29, 0.717) is 11.4 Å². The van der Waals surface area contributed by atoms with Crippen molar-refractivity contribution >= 4 is 5.69 Å². The third-order valence-corrected chi connectivity index (χ3v) is 2.45. The fourth-order valence-corrected chi connectivity index (χ4v) is 1.53. The van der Waals surface area contributed by atoms with Crippen LogP contribution in [0.15, 0.2) is 36.5 Å². The van der Waals surface area contributed by atoms with Gasteiger partial charge in [-0.3, -0.25) is 4.98 Å². The molecular formula is C13H12F2N2O. The highest BCUT2D eigenvalue weighted by molar-refractivity contribution is 5.49. The van der Waals surface area contributed by atoms with E-state index in [2.05, 4.69) is 4.98 Å². The quantitative estimate of drug-likeness (QED) is 0.845. The van der Waals surface area contributed by atoms with Crippen LogP contribution in [-0.2, 0) is 0 Å². The zero-order valence-corrected chi connectivity index (χ0v) is 9.73. The topological polar surface area (TPSA) is 48.1 Å². The minimum absolute atomic E-state index is 0.0929. The van der Waals surface area contributed by atoms with Gasteiger partial charge in [0.25, 0.3) is 6.43 Å². The maximum absolute atomic E-state index is 12.9. The molecule has 1 aromatic heterocycles. The molecule has 2 rings (SSSR count). The standard InChI is InChI=1S/C13H12F2N2O/c1-8-11(3-2-6-17-8)18-12-5-4-9(16)7-10(12)13(14)15/h2-7,13H,16H2,1H3. The van der Waals surface area contributed by atoms with Crippen LogP contribution in [-0.4, -0.2) is 4.98 Å². The van der Waals surface area contributed by atoms with Crippen LogP contribution in [0.4, 0.5) is 14.5 Å². The van der Waals surface area contributed by atoms with Crippen LogP contribution in [0.25, 0.3) is 0 Å². The van der Waals surface area contributed by atoms with Gasteiger partial charge in [0.2, 0.25) is 0 Å². The lowest BCUT2D eigenvalue weighted by Crippen LogP contribution is -1.96. The summed E-state index contributed by atoms with van der Waals surface area (Å²) in [5.74, 6) is 0.541. The molecule has 0 saturated heterocycles. The summed E-state index contributed by atoms with van der Waals surface area (Å²) in [6.45, 7) is 1.74. The first-order valence-electron chi connectivity index (χ1n) is 5.35. The second kappa shape index (κ2) is 5.00. The van der Waals surface area contributed by atoms with Crippen LogP contribution in [0.5, 0.6) is 11.5 Å². The van der Waals surface area contributed by atoms with E-state index in [4.69, 9.17) is 10.5 Å². The summed E-state index contributed by atoms with van der Waals surface area (Å²) in [6.07, 6.45) is -1.03. The molecule has 3 nitrogen and oxygen atoms in total. The van der Waals surface area contributed by atoms with Gasteiger partial charge in [-0.05, 0) is 37.3 Å². The zero-order valence-electron chi connectivity index (χ0n) is 9.73. The number of aryl methyl sites for hydroxylation is 1. The molecule has 18 heavy (non-hydrogen) atoms. The van der Waals surface area contributed by atoms with Crippen molar-refractivity contribution in [3.8, 4) is 11.5 Å². The maximum atomic E-state index is 12.9. The van der Waals surface area contributed by atoms with E-state index < -0.39 is 6.43 Å². The highest BCUT2D eigenvalue weighted by Crippen LogP contribution is 2.34. The Balaban J connectivity index is 2.37. The normalized spacial score (nSPS) is 10.7. The minimum Gasteiger partial charge on any atom is -0.455 e. The Morgan fingerprint density at radius 3 is 2.67 bits per heavy atom. The van der Waals surface area contributed by atoms with Crippen LogP contribution < -0.4 is 10.5 Å². The number of nitrogens with zero attached hydrogens (tertiary/aromatic N) is 1. The van der Waals surface area contributed by atoms with E-state index in [1.807, 2.05) is 0 Å². The molecular weight excluding hydrogens is 238 g/mol. The number of halogens is 2. The summed E-state index contributed by atoms with van der Waals surface area (Å²) in [4.78, 5) is 4.03. The molecule has 0 atom stereocenters. The van der Waals surface area contributed by atoms with Gasteiger partial charge in [-0.2, -0.15) is 0 Å². The molecule has 0 radical (unpaired) electrons. The predicted molar refractivity (Wildman–Crippen MR) is 64.9 cm³/mol. The number of hydrogen-bond donors (Lipinski definition) is 1. The second-order valence-corrected chi connectivity index (χ2v) is 3.79. The lowest BCUT2D eigenvalue weighted by atomic mass is 10.2. The lowest BCUT2D eigenvalue weighted by molar-refractivity contribution is 0.148. The molecule has 0 amide bonds. The van der Waals surface area contributed by atoms with Gasteiger partial charge in [0.05, 0.1) is 11.3 Å². The largest absolute Gasteiger partial charge is 0.455 e. The van der Waals surface area contributed by atoms with E-state index in [1.54, 1.807) is 25.3 Å². The number of ether oxygens (including phenoxy) is 1. The molecule has 0 saturated carbocycles. The predicted octanol–water partition coefficient (Wildman–Crippen LogP) is 3.70. The summed E-state index contributed by atoms with van der Waals surface area (Å²) < 4.78 is 31.2. The average molecular weight is 250 g/mol. The molecule has 0 fully saturated rings. The van der Waals surface area contributed by atoms with E-state index in [-0.39, 0.29) is 17.0 Å². The van der Waals surface area contributed by atoms with Gasteiger partial charge in [-0.25, -0.2) is 8.78 Å². The summed E-state index contributed by atoms with van der Waals surface area (Å²) in [7, 11) is 0. The Labute approximate surface area is 103 Å². The molecule has 0 aliphatic heterocycles. The smallest absolute Gasteiger partial charge is 0.267 e. The van der Waals surface area contributed by atoms with Gasteiger partial charge in [-0.15, -0.1) is 0 Å². The Bertz CT molecular complexity index is 558. The van der Waals surface area contributed by atoms with E-state index in [9.17, 15) is 8.78 Å². The first-order chi connectivity index (χ1) is 8.58. The second-order valence-electron chi connectivity index (χ2n) is 3.79. The van der Waals surface area contributed by atoms with E-state index in [0.717, 1.165) is 0 Å². The van der Waals surface area contributed by atoms with E-state index >= 15 is 0 Å². The Morgan fingerprint density at radius 2 is 2.00 bits per heavy atom. The van der Waals surface area contributed by atoms with Gasteiger partial charge in [0, 0.05) is 11.9 Å². The Morgan fingerprint density at radius 1 is 1.22 bits per heavy atom. The van der Waals surface area contributed by atoms with Crippen molar-refractivity contribution < 1.29 is 13.5 Å². The summed E-state index contributed by atoms with van der Waals surface area (Å²) in [6, 6.07) is 7.53. The maximum Gasteiger partial charge on any atom is 0.267 e. The summed E-state index contributed by atoms with van der Waals surface area (Å²) in [5.41, 5.74) is 6.18. The van der Waals surface area contributed by atoms with Crippen molar-refractivity contribution in [1.29, 1.82) is 0 Å². The van der Waals surface area contributed by atoms with Crippen molar-refractivity contribution in [2.75, 3.05) is 5.73 Å². The number of hydrogen-bond acceptors (Lipinski definition) is 3. The van der Waals surface area contributed by atoms with Crippen molar-refractivity contribution in [3.05, 3.63) is 47.8 Å². The third kappa shape index (κ3) is 2.56. The molecule has 1 aromatic carbocycles. The number of aromatic nitrogens is 1. The van der Waals surface area contributed by atoms with Crippen molar-refractivity contribution in [2.24, 2.45) is 0 Å². The van der Waals surface area contributed by atoms with Gasteiger partial charge in [0.1, 0.15) is 11.5 Å². The van der Waals surface area contributed by atoms with Crippen LogP contribution in [0, 0.1) is 6.92 Å². The van der Waals surface area contributed by atoms with Crippen LogP contribution in [0.3, 0.4) is 0 Å². The number of rotatable bonds is 3. The summed E-state index contributed by atoms with van der Waals surface area (Å²) >= 11 is 0. The number of alkyl halides is 2. The highest BCUT2D eigenvalue weighted by Gasteiger charge is 2.15. The molecule has 0 aliphatic rings. The fourth-order valence-electron chi connectivity index (χ4n) is 1.53. The van der Waals surface area contributed by atoms with Crippen molar-refractivity contribution in [2.45, 2.75) is 13.3 Å². The molecule has 2 aromatic rings. The Kier molecular flexibility index (Phi) is 3.41. The third-order valence-electron chi connectivity index (χ3n) is 2.45. The molecule has 0 bridgehead atoms. The number of benzene rings is 1. The Hall–Kier alpha value is -2.17. The highest BCUT2D eigenvalue weighted by atomic mass is 19.3. The van der Waals surface area contributed by atoms with Crippen molar-refractivity contribution in [3.63, 3.8) is 0 Å². The van der Waals surface area contributed by atoms with Crippen LogP contribution >= 0.6 is 0 Å². The number of nitrogens with two attached hydrogens (primary N) is 1. The van der Waals surface area contributed by atoms with Gasteiger partial charge in [0.15, 0.2) is 0 Å². The molecule has 0 unspecified atom stereocenters. The first-order valence-corrected chi connectivity index (χ1v) is 5.35. The lowest BCUT2D eigenvalue weighted by Gasteiger charge is -2.12. The van der Waals surface area contributed by atoms with Gasteiger partial charge >= 0.3 is 0 Å². The van der Waals surface area contributed by atoms with Crippen molar-refractivity contribution in [1.82, 2.24) is 4.98 Å². The molecule has 0 aliphatic carbocycles. The number of nitrogen functional groups attached to an aromatic ring is 1. The van der Waals surface area contributed by atoms with Crippen LogP contribution in [0.1, 0.15) is 17.7 Å². The average Bonchev–Trinajstić information content (AvgIpc) is 2.34. The van der Waals surface area contributed by atoms with Crippen LogP contribution in [0.2, 0.25) is 0 Å². The monoisotopic (exact) mass is 250 g/mol. The number of pyridine rings is 1. The minimum atomic E-state index is -2.64. The van der Waals surface area contributed by atoms with E-state index in [1.165, 1.54) is 18.2 Å². The number of anilines is 1. The fraction of sp³-hybridized carbons (Fsp3) is 0.154. The zero-order chi connectivity index (χ0) is 13.1. The summed E-state index contributed by atoms with van der Waals surface area (Å²) in [5, 5.41) is 0. The molecule has 2 N–H and O–H groups in total. The first kappa shape index (κ1) is 12.3. The molecule has 0 spiro atoms. The molecule has 5 heteroatoms. The molecule has 94 valence electrons.